The first-order valence-corrected chi connectivity index (χ1v) is 7.35. The molecule has 1 aliphatic rings. The predicted octanol–water partition coefficient (Wildman–Crippen LogP) is 2.53. The zero-order chi connectivity index (χ0) is 15.4. The van der Waals surface area contributed by atoms with E-state index in [1.54, 1.807) is 12.1 Å². The monoisotopic (exact) mass is 310 g/mol. The van der Waals surface area contributed by atoms with E-state index in [9.17, 15) is 9.59 Å². The summed E-state index contributed by atoms with van der Waals surface area (Å²) in [5, 5.41) is 12.2. The van der Waals surface area contributed by atoms with Crippen LogP contribution in [0, 0.1) is 6.92 Å². The van der Waals surface area contributed by atoms with E-state index in [1.165, 1.54) is 0 Å². The molecule has 21 heavy (non-hydrogen) atoms. The number of hydrogen-bond acceptors (Lipinski definition) is 3. The van der Waals surface area contributed by atoms with Gasteiger partial charge in [-0.3, -0.25) is 14.5 Å². The summed E-state index contributed by atoms with van der Waals surface area (Å²) in [5.41, 5.74) is 1.61. The highest BCUT2D eigenvalue weighted by Gasteiger charge is 2.28. The zero-order valence-electron chi connectivity index (χ0n) is 11.9. The van der Waals surface area contributed by atoms with Crippen molar-refractivity contribution in [3.63, 3.8) is 0 Å². The molecule has 1 saturated heterocycles. The SMILES string of the molecule is Cc1ccc(NC(=O)CN2CCCC2CC(=O)O)c(Cl)c1. The van der Waals surface area contributed by atoms with Crippen LogP contribution >= 0.6 is 11.6 Å². The number of halogens is 1. The highest BCUT2D eigenvalue weighted by atomic mass is 35.5. The van der Waals surface area contributed by atoms with Crippen LogP contribution in [0.25, 0.3) is 0 Å². The normalized spacial score (nSPS) is 18.7. The molecule has 0 bridgehead atoms. The maximum absolute atomic E-state index is 12.1. The lowest BCUT2D eigenvalue weighted by Crippen LogP contribution is -2.37. The Morgan fingerprint density at radius 2 is 2.24 bits per heavy atom. The molecule has 0 spiro atoms. The lowest BCUT2D eigenvalue weighted by molar-refractivity contribution is -0.138. The average molecular weight is 311 g/mol. The van der Waals surface area contributed by atoms with E-state index in [2.05, 4.69) is 5.32 Å². The second-order valence-electron chi connectivity index (χ2n) is 5.40. The first-order valence-electron chi connectivity index (χ1n) is 6.97. The maximum Gasteiger partial charge on any atom is 0.304 e. The number of aliphatic carboxylic acids is 1. The van der Waals surface area contributed by atoms with Crippen molar-refractivity contribution in [2.45, 2.75) is 32.2 Å². The molecule has 0 aromatic heterocycles. The fourth-order valence-electron chi connectivity index (χ4n) is 2.63. The van der Waals surface area contributed by atoms with Crippen molar-refractivity contribution in [3.05, 3.63) is 28.8 Å². The molecule has 2 N–H and O–H groups in total. The molecular formula is C15H19ClN2O3. The van der Waals surface area contributed by atoms with Crippen molar-refractivity contribution in [2.24, 2.45) is 0 Å². The van der Waals surface area contributed by atoms with Crippen LogP contribution < -0.4 is 5.32 Å². The second kappa shape index (κ2) is 6.91. The Labute approximate surface area is 128 Å². The molecule has 1 heterocycles. The van der Waals surface area contributed by atoms with Crippen LogP contribution in [-0.4, -0.2) is 41.0 Å². The molecule has 6 heteroatoms. The first-order chi connectivity index (χ1) is 9.95. The minimum absolute atomic E-state index is 0.0539. The number of hydrogen-bond donors (Lipinski definition) is 2. The number of aryl methyl sites for hydroxylation is 1. The Balaban J connectivity index is 1.93. The van der Waals surface area contributed by atoms with Crippen LogP contribution in [0.1, 0.15) is 24.8 Å². The summed E-state index contributed by atoms with van der Waals surface area (Å²) in [6, 6.07) is 5.39. The molecule has 1 fully saturated rings. The number of nitrogens with one attached hydrogen (secondary N) is 1. The summed E-state index contributed by atoms with van der Waals surface area (Å²) < 4.78 is 0. The standard InChI is InChI=1S/C15H19ClN2O3/c1-10-4-5-13(12(16)7-10)17-14(19)9-18-6-2-3-11(18)8-15(20)21/h4-5,7,11H,2-3,6,8-9H2,1H3,(H,17,19)(H,20,21). The van der Waals surface area contributed by atoms with Gasteiger partial charge in [-0.1, -0.05) is 17.7 Å². The average Bonchev–Trinajstić information content (AvgIpc) is 2.79. The Morgan fingerprint density at radius 3 is 2.90 bits per heavy atom. The largest absolute Gasteiger partial charge is 0.481 e. The summed E-state index contributed by atoms with van der Waals surface area (Å²) in [4.78, 5) is 24.8. The minimum atomic E-state index is -0.825. The molecule has 1 aromatic carbocycles. The van der Waals surface area contributed by atoms with Crippen molar-refractivity contribution >= 4 is 29.2 Å². The summed E-state index contributed by atoms with van der Waals surface area (Å²) in [6.45, 7) is 2.88. The minimum Gasteiger partial charge on any atom is -0.481 e. The van der Waals surface area contributed by atoms with E-state index in [0.29, 0.717) is 10.7 Å². The van der Waals surface area contributed by atoms with E-state index in [1.807, 2.05) is 17.9 Å². The van der Waals surface area contributed by atoms with Gasteiger partial charge in [0, 0.05) is 6.04 Å². The number of nitrogens with zero attached hydrogens (tertiary/aromatic N) is 1. The molecule has 1 unspecified atom stereocenters. The lowest BCUT2D eigenvalue weighted by Gasteiger charge is -2.22. The van der Waals surface area contributed by atoms with Crippen molar-refractivity contribution in [1.29, 1.82) is 0 Å². The third-order valence-electron chi connectivity index (χ3n) is 3.65. The van der Waals surface area contributed by atoms with E-state index < -0.39 is 5.97 Å². The van der Waals surface area contributed by atoms with Gasteiger partial charge in [-0.25, -0.2) is 0 Å². The number of likely N-dealkylation sites (tertiary alicyclic amines) is 1. The summed E-state index contributed by atoms with van der Waals surface area (Å²) in [7, 11) is 0. The summed E-state index contributed by atoms with van der Waals surface area (Å²) in [6.07, 6.45) is 1.83. The van der Waals surface area contributed by atoms with E-state index in [-0.39, 0.29) is 24.9 Å². The van der Waals surface area contributed by atoms with Gasteiger partial charge >= 0.3 is 5.97 Å². The van der Waals surface area contributed by atoms with Gasteiger partial charge in [0.15, 0.2) is 0 Å². The van der Waals surface area contributed by atoms with Crippen LogP contribution in [0.15, 0.2) is 18.2 Å². The van der Waals surface area contributed by atoms with Crippen LogP contribution in [-0.2, 0) is 9.59 Å². The van der Waals surface area contributed by atoms with Gasteiger partial charge in [-0.2, -0.15) is 0 Å². The molecule has 5 nitrogen and oxygen atoms in total. The Kier molecular flexibility index (Phi) is 5.20. The van der Waals surface area contributed by atoms with Crippen molar-refractivity contribution in [2.75, 3.05) is 18.4 Å². The summed E-state index contributed by atoms with van der Waals surface area (Å²) in [5.74, 6) is -0.994. The Bertz CT molecular complexity index is 548. The number of anilines is 1. The van der Waals surface area contributed by atoms with E-state index >= 15 is 0 Å². The number of carboxylic acid groups (broad SMARTS) is 1. The molecular weight excluding hydrogens is 292 g/mol. The number of benzene rings is 1. The van der Waals surface area contributed by atoms with Crippen LogP contribution in [0.2, 0.25) is 5.02 Å². The number of carbonyl (C=O) groups excluding carboxylic acids is 1. The van der Waals surface area contributed by atoms with Gasteiger partial charge in [-0.05, 0) is 44.0 Å². The van der Waals surface area contributed by atoms with Gasteiger partial charge in [0.2, 0.25) is 5.91 Å². The molecule has 1 aromatic rings. The fraction of sp³-hybridized carbons (Fsp3) is 0.467. The first kappa shape index (κ1) is 15.8. The van der Waals surface area contributed by atoms with E-state index in [0.717, 1.165) is 24.9 Å². The maximum atomic E-state index is 12.1. The highest BCUT2D eigenvalue weighted by molar-refractivity contribution is 6.33. The van der Waals surface area contributed by atoms with Crippen LogP contribution in [0.4, 0.5) is 5.69 Å². The molecule has 114 valence electrons. The molecule has 2 rings (SSSR count). The second-order valence-corrected chi connectivity index (χ2v) is 5.80. The molecule has 0 radical (unpaired) electrons. The summed E-state index contributed by atoms with van der Waals surface area (Å²) >= 11 is 6.08. The number of amides is 1. The smallest absolute Gasteiger partial charge is 0.304 e. The molecule has 0 aliphatic carbocycles. The molecule has 1 aliphatic heterocycles. The van der Waals surface area contributed by atoms with Gasteiger partial charge in [-0.15, -0.1) is 0 Å². The predicted molar refractivity (Wildman–Crippen MR) is 81.7 cm³/mol. The van der Waals surface area contributed by atoms with E-state index in [4.69, 9.17) is 16.7 Å². The highest BCUT2D eigenvalue weighted by Crippen LogP contribution is 2.23. The Hall–Kier alpha value is -1.59. The number of carboxylic acids is 1. The van der Waals surface area contributed by atoms with Crippen molar-refractivity contribution in [3.8, 4) is 0 Å². The van der Waals surface area contributed by atoms with Crippen molar-refractivity contribution in [1.82, 2.24) is 4.90 Å². The molecule has 0 saturated carbocycles. The van der Waals surface area contributed by atoms with Gasteiger partial charge in [0.25, 0.3) is 0 Å². The van der Waals surface area contributed by atoms with Gasteiger partial charge < -0.3 is 10.4 Å². The third kappa shape index (κ3) is 4.44. The molecule has 1 amide bonds. The van der Waals surface area contributed by atoms with Gasteiger partial charge in [0.05, 0.1) is 23.7 Å². The molecule has 1 atom stereocenters. The quantitative estimate of drug-likeness (QED) is 0.877. The van der Waals surface area contributed by atoms with Crippen molar-refractivity contribution < 1.29 is 14.7 Å². The van der Waals surface area contributed by atoms with Crippen LogP contribution in [0.5, 0.6) is 0 Å². The zero-order valence-corrected chi connectivity index (χ0v) is 12.7. The fourth-order valence-corrected chi connectivity index (χ4v) is 2.91. The van der Waals surface area contributed by atoms with Crippen LogP contribution in [0.3, 0.4) is 0 Å². The number of rotatable bonds is 5. The topological polar surface area (TPSA) is 69.6 Å². The Morgan fingerprint density at radius 1 is 1.48 bits per heavy atom. The lowest BCUT2D eigenvalue weighted by atomic mass is 10.1. The number of carbonyl (C=O) groups is 2. The third-order valence-corrected chi connectivity index (χ3v) is 3.97. The van der Waals surface area contributed by atoms with Gasteiger partial charge in [0.1, 0.15) is 0 Å².